The molecule has 6 nitrogen and oxygen atoms in total. The van der Waals surface area contributed by atoms with Crippen LogP contribution in [0.1, 0.15) is 21.9 Å². The van der Waals surface area contributed by atoms with Crippen LogP contribution in [0.2, 0.25) is 0 Å². The van der Waals surface area contributed by atoms with Crippen LogP contribution in [0.3, 0.4) is 0 Å². The summed E-state index contributed by atoms with van der Waals surface area (Å²) in [6.07, 6.45) is 1.89. The van der Waals surface area contributed by atoms with Crippen molar-refractivity contribution in [2.75, 3.05) is 14.2 Å². The van der Waals surface area contributed by atoms with E-state index in [2.05, 4.69) is 10.3 Å². The normalized spacial score (nSPS) is 10.6. The number of fused-ring (bicyclic) bond motifs is 1. The van der Waals surface area contributed by atoms with Crippen molar-refractivity contribution in [3.8, 4) is 11.5 Å². The number of aryl methyl sites for hydroxylation is 1. The van der Waals surface area contributed by atoms with Crippen LogP contribution in [0, 0.1) is 6.92 Å². The number of ether oxygens (including phenoxy) is 2. The Balaban J connectivity index is 1.78. The molecule has 0 aliphatic heterocycles. The standard InChI is InChI=1S/C18H19N3O3/c1-12-20-17(14-6-4-5-9-21(12)14)18(22)19-11-13-7-8-15(23-2)16(10-13)24-3/h4-10H,11H2,1-3H3,(H,19,22). The smallest absolute Gasteiger partial charge is 0.272 e. The lowest BCUT2D eigenvalue weighted by Crippen LogP contribution is -2.23. The molecule has 1 N–H and O–H groups in total. The average molecular weight is 325 g/mol. The molecule has 0 spiro atoms. The Kier molecular flexibility index (Phi) is 4.37. The van der Waals surface area contributed by atoms with Crippen molar-refractivity contribution in [2.24, 2.45) is 0 Å². The molecule has 2 aromatic heterocycles. The number of benzene rings is 1. The Hall–Kier alpha value is -3.02. The molecule has 1 aromatic carbocycles. The fourth-order valence-corrected chi connectivity index (χ4v) is 2.61. The number of rotatable bonds is 5. The summed E-state index contributed by atoms with van der Waals surface area (Å²) in [6, 6.07) is 11.2. The number of hydrogen-bond donors (Lipinski definition) is 1. The first kappa shape index (κ1) is 15.9. The number of pyridine rings is 1. The van der Waals surface area contributed by atoms with Crippen molar-refractivity contribution in [3.63, 3.8) is 0 Å². The number of carbonyl (C=O) groups is 1. The van der Waals surface area contributed by atoms with Gasteiger partial charge in [-0.1, -0.05) is 12.1 Å². The van der Waals surface area contributed by atoms with Gasteiger partial charge in [-0.15, -0.1) is 0 Å². The first-order chi connectivity index (χ1) is 11.6. The first-order valence-electron chi connectivity index (χ1n) is 7.57. The van der Waals surface area contributed by atoms with Crippen molar-refractivity contribution >= 4 is 11.4 Å². The summed E-state index contributed by atoms with van der Waals surface area (Å²) >= 11 is 0. The monoisotopic (exact) mass is 325 g/mol. The van der Waals surface area contributed by atoms with E-state index in [0.29, 0.717) is 23.7 Å². The van der Waals surface area contributed by atoms with Gasteiger partial charge in [0, 0.05) is 12.7 Å². The molecule has 0 fully saturated rings. The van der Waals surface area contributed by atoms with E-state index in [-0.39, 0.29) is 5.91 Å². The molecule has 0 saturated carbocycles. The van der Waals surface area contributed by atoms with Gasteiger partial charge in [0.05, 0.1) is 19.7 Å². The van der Waals surface area contributed by atoms with Gasteiger partial charge >= 0.3 is 0 Å². The Bertz CT molecular complexity index is 886. The second-order valence-electron chi connectivity index (χ2n) is 5.34. The quantitative estimate of drug-likeness (QED) is 0.783. The second kappa shape index (κ2) is 6.62. The molecule has 0 aliphatic carbocycles. The van der Waals surface area contributed by atoms with Crippen molar-refractivity contribution in [1.29, 1.82) is 0 Å². The minimum Gasteiger partial charge on any atom is -0.493 e. The minimum absolute atomic E-state index is 0.207. The maximum Gasteiger partial charge on any atom is 0.272 e. The van der Waals surface area contributed by atoms with E-state index < -0.39 is 0 Å². The lowest BCUT2D eigenvalue weighted by atomic mass is 10.2. The van der Waals surface area contributed by atoms with Gasteiger partial charge in [-0.05, 0) is 36.8 Å². The molecule has 2 heterocycles. The fraction of sp³-hybridized carbons (Fsp3) is 0.222. The van der Waals surface area contributed by atoms with E-state index in [0.717, 1.165) is 16.9 Å². The first-order valence-corrected chi connectivity index (χ1v) is 7.57. The highest BCUT2D eigenvalue weighted by Gasteiger charge is 2.15. The van der Waals surface area contributed by atoms with Crippen LogP contribution < -0.4 is 14.8 Å². The van der Waals surface area contributed by atoms with Gasteiger partial charge in [0.15, 0.2) is 17.2 Å². The molecule has 0 radical (unpaired) electrons. The number of imidazole rings is 1. The molecule has 0 atom stereocenters. The van der Waals surface area contributed by atoms with Crippen molar-refractivity contribution < 1.29 is 14.3 Å². The number of carbonyl (C=O) groups excluding carboxylic acids is 1. The molecular weight excluding hydrogens is 306 g/mol. The highest BCUT2D eigenvalue weighted by molar-refractivity contribution is 5.99. The van der Waals surface area contributed by atoms with E-state index in [4.69, 9.17) is 9.47 Å². The van der Waals surface area contributed by atoms with Crippen LogP contribution >= 0.6 is 0 Å². The van der Waals surface area contributed by atoms with E-state index in [1.807, 2.05) is 53.9 Å². The molecule has 124 valence electrons. The second-order valence-corrected chi connectivity index (χ2v) is 5.34. The zero-order valence-corrected chi connectivity index (χ0v) is 13.9. The third-order valence-electron chi connectivity index (χ3n) is 3.84. The van der Waals surface area contributed by atoms with Crippen molar-refractivity contribution in [1.82, 2.24) is 14.7 Å². The molecule has 0 unspecified atom stereocenters. The van der Waals surface area contributed by atoms with Gasteiger partial charge in [-0.25, -0.2) is 4.98 Å². The van der Waals surface area contributed by atoms with Gasteiger partial charge in [0.25, 0.3) is 5.91 Å². The average Bonchev–Trinajstić information content (AvgIpc) is 2.96. The summed E-state index contributed by atoms with van der Waals surface area (Å²) in [5.41, 5.74) is 2.13. The molecule has 1 amide bonds. The highest BCUT2D eigenvalue weighted by atomic mass is 16.5. The number of aromatic nitrogens is 2. The number of hydrogen-bond acceptors (Lipinski definition) is 4. The number of amides is 1. The Morgan fingerprint density at radius 2 is 1.96 bits per heavy atom. The molecule has 3 aromatic rings. The van der Waals surface area contributed by atoms with E-state index >= 15 is 0 Å². The molecule has 3 rings (SSSR count). The van der Waals surface area contributed by atoms with Crippen LogP contribution in [0.5, 0.6) is 11.5 Å². The topological polar surface area (TPSA) is 64.9 Å². The molecule has 0 bridgehead atoms. The van der Waals surface area contributed by atoms with Crippen molar-refractivity contribution in [3.05, 3.63) is 59.7 Å². The molecular formula is C18H19N3O3. The zero-order chi connectivity index (χ0) is 17.1. The van der Waals surface area contributed by atoms with Gasteiger partial charge in [0.1, 0.15) is 5.82 Å². The molecule has 0 aliphatic rings. The minimum atomic E-state index is -0.207. The van der Waals surface area contributed by atoms with E-state index in [9.17, 15) is 4.79 Å². The third kappa shape index (κ3) is 2.90. The summed E-state index contributed by atoms with van der Waals surface area (Å²) in [5, 5.41) is 2.90. The maximum absolute atomic E-state index is 12.5. The SMILES string of the molecule is COc1ccc(CNC(=O)c2nc(C)n3ccccc23)cc1OC. The summed E-state index contributed by atoms with van der Waals surface area (Å²) in [6.45, 7) is 2.25. The summed E-state index contributed by atoms with van der Waals surface area (Å²) in [5.74, 6) is 1.86. The number of nitrogens with zero attached hydrogens (tertiary/aromatic N) is 2. The van der Waals surface area contributed by atoms with Gasteiger partial charge in [-0.2, -0.15) is 0 Å². The highest BCUT2D eigenvalue weighted by Crippen LogP contribution is 2.27. The van der Waals surface area contributed by atoms with Crippen LogP contribution in [0.4, 0.5) is 0 Å². The largest absolute Gasteiger partial charge is 0.493 e. The zero-order valence-electron chi connectivity index (χ0n) is 13.9. The van der Waals surface area contributed by atoms with Gasteiger partial charge in [0.2, 0.25) is 0 Å². The molecule has 0 saturated heterocycles. The van der Waals surface area contributed by atoms with Gasteiger partial charge < -0.3 is 19.2 Å². The van der Waals surface area contributed by atoms with Crippen LogP contribution in [0.15, 0.2) is 42.6 Å². The molecule has 24 heavy (non-hydrogen) atoms. The lowest BCUT2D eigenvalue weighted by molar-refractivity contribution is 0.0948. The Labute approximate surface area is 140 Å². The maximum atomic E-state index is 12.5. The van der Waals surface area contributed by atoms with Crippen LogP contribution in [-0.2, 0) is 6.54 Å². The lowest BCUT2D eigenvalue weighted by Gasteiger charge is -2.10. The van der Waals surface area contributed by atoms with E-state index in [1.165, 1.54) is 0 Å². The predicted molar refractivity (Wildman–Crippen MR) is 90.6 cm³/mol. The third-order valence-corrected chi connectivity index (χ3v) is 3.84. The van der Waals surface area contributed by atoms with Gasteiger partial charge in [-0.3, -0.25) is 4.79 Å². The number of methoxy groups -OCH3 is 2. The summed E-state index contributed by atoms with van der Waals surface area (Å²) in [4.78, 5) is 16.8. The summed E-state index contributed by atoms with van der Waals surface area (Å²) < 4.78 is 12.4. The van der Waals surface area contributed by atoms with Crippen LogP contribution in [-0.4, -0.2) is 29.5 Å². The molecule has 6 heteroatoms. The fourth-order valence-electron chi connectivity index (χ4n) is 2.61. The Morgan fingerprint density at radius 1 is 1.17 bits per heavy atom. The van der Waals surface area contributed by atoms with Crippen LogP contribution in [0.25, 0.3) is 5.52 Å². The van der Waals surface area contributed by atoms with E-state index in [1.54, 1.807) is 14.2 Å². The summed E-state index contributed by atoms with van der Waals surface area (Å²) in [7, 11) is 3.17. The predicted octanol–water partition coefficient (Wildman–Crippen LogP) is 2.59. The Morgan fingerprint density at radius 3 is 2.71 bits per heavy atom. The van der Waals surface area contributed by atoms with Crippen molar-refractivity contribution in [2.45, 2.75) is 13.5 Å². The number of nitrogens with one attached hydrogen (secondary N) is 1.